The van der Waals surface area contributed by atoms with Crippen molar-refractivity contribution in [2.45, 2.75) is 11.8 Å². The highest BCUT2D eigenvalue weighted by Gasteiger charge is 2.31. The van der Waals surface area contributed by atoms with Crippen LogP contribution in [0.15, 0.2) is 79.4 Å². The van der Waals surface area contributed by atoms with Gasteiger partial charge in [-0.25, -0.2) is 14.2 Å². The van der Waals surface area contributed by atoms with Gasteiger partial charge in [0, 0.05) is 24.2 Å². The zero-order valence-electron chi connectivity index (χ0n) is 20.0. The van der Waals surface area contributed by atoms with Gasteiger partial charge < -0.3 is 14.2 Å². The van der Waals surface area contributed by atoms with Gasteiger partial charge in [0.25, 0.3) is 0 Å². The van der Waals surface area contributed by atoms with Gasteiger partial charge in [0.05, 0.1) is 39.4 Å². The van der Waals surface area contributed by atoms with E-state index in [0.29, 0.717) is 23.0 Å². The van der Waals surface area contributed by atoms with Crippen LogP contribution in [0.4, 0.5) is 15.0 Å². The molecule has 0 saturated heterocycles. The third kappa shape index (κ3) is 5.57. The van der Waals surface area contributed by atoms with Gasteiger partial charge in [-0.05, 0) is 53.1 Å². The fourth-order valence-corrected chi connectivity index (χ4v) is 4.07. The van der Waals surface area contributed by atoms with Gasteiger partial charge in [0.1, 0.15) is 23.1 Å². The number of pyridine rings is 3. The Balaban J connectivity index is 1.95. The van der Waals surface area contributed by atoms with E-state index in [2.05, 4.69) is 15.3 Å². The molecule has 0 saturated carbocycles. The summed E-state index contributed by atoms with van der Waals surface area (Å²) in [6.45, 7) is 0. The van der Waals surface area contributed by atoms with E-state index in [1.165, 1.54) is 19.2 Å². The number of nitrogens with one attached hydrogen (secondary N) is 1. The molecule has 3 aromatic heterocycles. The van der Waals surface area contributed by atoms with Gasteiger partial charge in [-0.2, -0.15) is 0 Å². The van der Waals surface area contributed by atoms with Crippen LogP contribution >= 0.6 is 0 Å². The Morgan fingerprint density at radius 3 is 1.97 bits per heavy atom. The summed E-state index contributed by atoms with van der Waals surface area (Å²) < 4.78 is 29.5. The van der Waals surface area contributed by atoms with Gasteiger partial charge in [0.2, 0.25) is 0 Å². The SMILES string of the molecule is COC(=O)Nc1cccc(C(c2ccc(F)cc2)C(c2cncc(OC)c2)c2cncc(OC)c2)n1. The third-order valence-corrected chi connectivity index (χ3v) is 5.73. The highest BCUT2D eigenvalue weighted by molar-refractivity contribution is 5.83. The number of hydrogen-bond acceptors (Lipinski definition) is 7. The number of hydrogen-bond donors (Lipinski definition) is 1. The van der Waals surface area contributed by atoms with E-state index in [1.54, 1.807) is 63.3 Å². The third-order valence-electron chi connectivity index (χ3n) is 5.73. The first-order valence-electron chi connectivity index (χ1n) is 11.1. The number of carbonyl (C=O) groups excluding carboxylic acids is 1. The first kappa shape index (κ1) is 24.6. The van der Waals surface area contributed by atoms with Gasteiger partial charge in [0.15, 0.2) is 0 Å². The van der Waals surface area contributed by atoms with Crippen LogP contribution < -0.4 is 14.8 Å². The molecule has 9 heteroatoms. The van der Waals surface area contributed by atoms with Crippen LogP contribution in [-0.2, 0) is 4.74 Å². The Labute approximate surface area is 208 Å². The van der Waals surface area contributed by atoms with Crippen LogP contribution in [0.5, 0.6) is 11.5 Å². The Kier molecular flexibility index (Phi) is 7.69. The average Bonchev–Trinajstić information content (AvgIpc) is 2.92. The van der Waals surface area contributed by atoms with E-state index in [1.807, 2.05) is 18.2 Å². The topological polar surface area (TPSA) is 95.5 Å². The number of methoxy groups -OCH3 is 3. The lowest BCUT2D eigenvalue weighted by atomic mass is 9.76. The lowest BCUT2D eigenvalue weighted by Crippen LogP contribution is -2.18. The summed E-state index contributed by atoms with van der Waals surface area (Å²) in [5.74, 6) is 0.335. The number of amides is 1. The number of aromatic nitrogens is 3. The summed E-state index contributed by atoms with van der Waals surface area (Å²) in [4.78, 5) is 25.3. The second kappa shape index (κ2) is 11.3. The van der Waals surface area contributed by atoms with Crippen molar-refractivity contribution in [2.24, 2.45) is 0 Å². The van der Waals surface area contributed by atoms with Crippen molar-refractivity contribution in [2.75, 3.05) is 26.6 Å². The molecule has 1 aromatic carbocycles. The maximum atomic E-state index is 13.9. The Morgan fingerprint density at radius 2 is 1.42 bits per heavy atom. The molecule has 0 radical (unpaired) electrons. The van der Waals surface area contributed by atoms with Crippen molar-refractivity contribution in [1.82, 2.24) is 15.0 Å². The van der Waals surface area contributed by atoms with Crippen LogP contribution in [0.2, 0.25) is 0 Å². The number of rotatable bonds is 8. The first-order chi connectivity index (χ1) is 17.5. The summed E-state index contributed by atoms with van der Waals surface area (Å²) in [5, 5.41) is 2.61. The quantitative estimate of drug-likeness (QED) is 0.366. The van der Waals surface area contributed by atoms with Crippen LogP contribution in [0.3, 0.4) is 0 Å². The minimum Gasteiger partial charge on any atom is -0.495 e. The zero-order valence-corrected chi connectivity index (χ0v) is 20.0. The smallest absolute Gasteiger partial charge is 0.412 e. The normalized spacial score (nSPS) is 11.6. The van der Waals surface area contributed by atoms with Crippen LogP contribution in [0, 0.1) is 5.82 Å². The summed E-state index contributed by atoms with van der Waals surface area (Å²) in [6.07, 6.45) is 6.11. The fourth-order valence-electron chi connectivity index (χ4n) is 4.07. The lowest BCUT2D eigenvalue weighted by molar-refractivity contribution is 0.187. The zero-order chi connectivity index (χ0) is 25.5. The second-order valence-corrected chi connectivity index (χ2v) is 7.89. The number of benzene rings is 1. The molecule has 0 fully saturated rings. The summed E-state index contributed by atoms with van der Waals surface area (Å²) >= 11 is 0. The molecule has 184 valence electrons. The number of halogens is 1. The van der Waals surface area contributed by atoms with Crippen LogP contribution in [0.25, 0.3) is 0 Å². The lowest BCUT2D eigenvalue weighted by Gasteiger charge is -2.29. The minimum absolute atomic E-state index is 0.317. The summed E-state index contributed by atoms with van der Waals surface area (Å²) in [7, 11) is 4.43. The number of anilines is 1. The summed E-state index contributed by atoms with van der Waals surface area (Å²) in [5.41, 5.74) is 3.08. The molecule has 3 heterocycles. The average molecular weight is 489 g/mol. The monoisotopic (exact) mass is 488 g/mol. The van der Waals surface area contributed by atoms with E-state index >= 15 is 0 Å². The van der Waals surface area contributed by atoms with E-state index < -0.39 is 12.0 Å². The maximum Gasteiger partial charge on any atom is 0.412 e. The maximum absolute atomic E-state index is 13.9. The molecule has 8 nitrogen and oxygen atoms in total. The molecule has 0 aliphatic rings. The van der Waals surface area contributed by atoms with Gasteiger partial charge in [-0.1, -0.05) is 18.2 Å². The molecule has 1 unspecified atom stereocenters. The predicted octanol–water partition coefficient (Wildman–Crippen LogP) is 5.17. The highest BCUT2D eigenvalue weighted by Crippen LogP contribution is 2.43. The van der Waals surface area contributed by atoms with Gasteiger partial charge in [-0.15, -0.1) is 0 Å². The Morgan fingerprint density at radius 1 is 0.806 bits per heavy atom. The highest BCUT2D eigenvalue weighted by atomic mass is 19.1. The minimum atomic E-state index is -0.636. The van der Waals surface area contributed by atoms with Crippen molar-refractivity contribution in [3.05, 3.63) is 108 Å². The molecule has 0 aliphatic heterocycles. The van der Waals surface area contributed by atoms with Gasteiger partial charge in [-0.3, -0.25) is 15.3 Å². The molecular weight excluding hydrogens is 463 g/mol. The van der Waals surface area contributed by atoms with Crippen molar-refractivity contribution in [1.29, 1.82) is 0 Å². The van der Waals surface area contributed by atoms with E-state index in [9.17, 15) is 9.18 Å². The Hall–Kier alpha value is -4.53. The number of nitrogens with zero attached hydrogens (tertiary/aromatic N) is 3. The Bertz CT molecular complexity index is 1290. The molecule has 1 N–H and O–H groups in total. The molecular formula is C27H25FN4O4. The fraction of sp³-hybridized carbons (Fsp3) is 0.185. The largest absolute Gasteiger partial charge is 0.495 e. The van der Waals surface area contributed by atoms with E-state index in [0.717, 1.165) is 16.7 Å². The van der Waals surface area contributed by atoms with Crippen LogP contribution in [-0.4, -0.2) is 42.4 Å². The van der Waals surface area contributed by atoms with Crippen molar-refractivity contribution < 1.29 is 23.4 Å². The molecule has 1 atom stereocenters. The van der Waals surface area contributed by atoms with Gasteiger partial charge >= 0.3 is 6.09 Å². The van der Waals surface area contributed by atoms with Crippen molar-refractivity contribution >= 4 is 11.9 Å². The number of ether oxygens (including phenoxy) is 3. The first-order valence-corrected chi connectivity index (χ1v) is 11.1. The van der Waals surface area contributed by atoms with Crippen molar-refractivity contribution in [3.63, 3.8) is 0 Å². The van der Waals surface area contributed by atoms with E-state index in [4.69, 9.17) is 19.2 Å². The standard InChI is InChI=1S/C27H25FN4O4/c1-34-21-11-18(13-29-15-21)25(19-12-22(35-2)16-30-14-19)26(17-7-9-20(28)10-8-17)23-5-4-6-24(31-23)32-27(33)36-3/h4-16,25-26H,1-3H3,(H,31,32,33). The molecule has 4 rings (SSSR count). The van der Waals surface area contributed by atoms with E-state index in [-0.39, 0.29) is 11.7 Å². The van der Waals surface area contributed by atoms with Crippen LogP contribution in [0.1, 0.15) is 34.2 Å². The predicted molar refractivity (Wildman–Crippen MR) is 132 cm³/mol. The molecule has 0 bridgehead atoms. The summed E-state index contributed by atoms with van der Waals surface area (Å²) in [6, 6.07) is 15.3. The second-order valence-electron chi connectivity index (χ2n) is 7.89. The molecule has 0 aliphatic carbocycles. The molecule has 1 amide bonds. The molecule has 0 spiro atoms. The number of carbonyl (C=O) groups is 1. The van der Waals surface area contributed by atoms with Crippen molar-refractivity contribution in [3.8, 4) is 11.5 Å². The molecule has 36 heavy (non-hydrogen) atoms. The molecule has 4 aromatic rings.